The van der Waals surface area contributed by atoms with Crippen molar-refractivity contribution in [1.29, 1.82) is 0 Å². The Hall–Kier alpha value is -1.61. The monoisotopic (exact) mass is 281 g/mol. The number of halogens is 3. The largest absolute Gasteiger partial charge is 0.377 e. The van der Waals surface area contributed by atoms with Crippen molar-refractivity contribution in [3.63, 3.8) is 0 Å². The molecule has 2 rings (SSSR count). The summed E-state index contributed by atoms with van der Waals surface area (Å²) in [6.07, 6.45) is 0. The number of anilines is 1. The molecule has 0 bridgehead atoms. The van der Waals surface area contributed by atoms with Gasteiger partial charge in [-0.1, -0.05) is 35.9 Å². The predicted molar refractivity (Wildman–Crippen MR) is 74.6 cm³/mol. The molecule has 0 fully saturated rings. The highest BCUT2D eigenvalue weighted by Gasteiger charge is 2.15. The standard InChI is InChI=1S/C15H14ClF2N/c1-9-5-3-7-12(16)15(9)19-10(2)11-6-4-8-13(17)14(11)18/h3-8,10,19H,1-2H3. The van der Waals surface area contributed by atoms with Crippen LogP contribution in [0, 0.1) is 18.6 Å². The van der Waals surface area contributed by atoms with Gasteiger partial charge in [0.2, 0.25) is 0 Å². The first-order chi connectivity index (χ1) is 9.00. The van der Waals surface area contributed by atoms with E-state index in [1.165, 1.54) is 6.07 Å². The van der Waals surface area contributed by atoms with Crippen LogP contribution in [-0.4, -0.2) is 0 Å². The summed E-state index contributed by atoms with van der Waals surface area (Å²) in [6, 6.07) is 9.28. The van der Waals surface area contributed by atoms with Crippen LogP contribution in [0.25, 0.3) is 0 Å². The summed E-state index contributed by atoms with van der Waals surface area (Å²) >= 11 is 6.10. The van der Waals surface area contributed by atoms with Crippen molar-refractivity contribution in [1.82, 2.24) is 0 Å². The summed E-state index contributed by atoms with van der Waals surface area (Å²) in [5.41, 5.74) is 1.97. The van der Waals surface area contributed by atoms with Gasteiger partial charge in [0.1, 0.15) is 0 Å². The van der Waals surface area contributed by atoms with Gasteiger partial charge in [-0.25, -0.2) is 8.78 Å². The molecule has 0 saturated carbocycles. The molecule has 0 aliphatic heterocycles. The third-order valence-corrected chi connectivity index (χ3v) is 3.35. The molecule has 1 N–H and O–H groups in total. The molecule has 0 saturated heterocycles. The van der Waals surface area contributed by atoms with E-state index in [9.17, 15) is 8.78 Å². The molecule has 0 aliphatic rings. The van der Waals surface area contributed by atoms with E-state index in [4.69, 9.17) is 11.6 Å². The first-order valence-electron chi connectivity index (χ1n) is 5.96. The SMILES string of the molecule is Cc1cccc(Cl)c1NC(C)c1cccc(F)c1F. The molecule has 0 heterocycles. The number of benzene rings is 2. The minimum Gasteiger partial charge on any atom is -0.377 e. The van der Waals surface area contributed by atoms with Crippen molar-refractivity contribution >= 4 is 17.3 Å². The van der Waals surface area contributed by atoms with E-state index >= 15 is 0 Å². The van der Waals surface area contributed by atoms with Crippen LogP contribution in [-0.2, 0) is 0 Å². The summed E-state index contributed by atoms with van der Waals surface area (Å²) in [6.45, 7) is 3.67. The first-order valence-corrected chi connectivity index (χ1v) is 6.34. The molecule has 2 aromatic carbocycles. The van der Waals surface area contributed by atoms with Crippen molar-refractivity contribution in [2.75, 3.05) is 5.32 Å². The van der Waals surface area contributed by atoms with Gasteiger partial charge in [-0.2, -0.15) is 0 Å². The van der Waals surface area contributed by atoms with Gasteiger partial charge in [0.05, 0.1) is 16.8 Å². The Kier molecular flexibility index (Phi) is 4.05. The Labute approximate surface area is 116 Å². The summed E-state index contributed by atoms with van der Waals surface area (Å²) < 4.78 is 26.9. The van der Waals surface area contributed by atoms with Crippen LogP contribution in [0.5, 0.6) is 0 Å². The third-order valence-electron chi connectivity index (χ3n) is 3.03. The van der Waals surface area contributed by atoms with Crippen LogP contribution >= 0.6 is 11.6 Å². The van der Waals surface area contributed by atoms with E-state index in [0.717, 1.165) is 17.3 Å². The van der Waals surface area contributed by atoms with E-state index in [1.54, 1.807) is 19.1 Å². The summed E-state index contributed by atoms with van der Waals surface area (Å²) in [5.74, 6) is -1.67. The number of aryl methyl sites for hydroxylation is 1. The van der Waals surface area contributed by atoms with Crippen molar-refractivity contribution < 1.29 is 8.78 Å². The topological polar surface area (TPSA) is 12.0 Å². The minimum atomic E-state index is -0.845. The Morgan fingerprint density at radius 2 is 1.79 bits per heavy atom. The maximum absolute atomic E-state index is 13.7. The lowest BCUT2D eigenvalue weighted by Crippen LogP contribution is -2.10. The third kappa shape index (κ3) is 2.87. The smallest absolute Gasteiger partial charge is 0.164 e. The maximum atomic E-state index is 13.7. The second-order valence-electron chi connectivity index (χ2n) is 4.44. The molecule has 4 heteroatoms. The van der Waals surface area contributed by atoms with Crippen LogP contribution in [0.3, 0.4) is 0 Å². The molecule has 19 heavy (non-hydrogen) atoms. The van der Waals surface area contributed by atoms with E-state index in [1.807, 2.05) is 19.1 Å². The zero-order chi connectivity index (χ0) is 14.0. The van der Waals surface area contributed by atoms with Gasteiger partial charge in [0.15, 0.2) is 11.6 Å². The quantitative estimate of drug-likeness (QED) is 0.825. The van der Waals surface area contributed by atoms with Crippen LogP contribution in [0.1, 0.15) is 24.1 Å². The number of rotatable bonds is 3. The molecule has 1 atom stereocenters. The zero-order valence-electron chi connectivity index (χ0n) is 10.7. The molecule has 0 spiro atoms. The normalized spacial score (nSPS) is 12.3. The lowest BCUT2D eigenvalue weighted by Gasteiger charge is -2.19. The Bertz CT molecular complexity index is 578. The predicted octanol–water partition coefficient (Wildman–Crippen LogP) is 5.10. The first kappa shape index (κ1) is 13.8. The summed E-state index contributed by atoms with van der Waals surface area (Å²) in [5, 5.41) is 3.68. The number of para-hydroxylation sites is 1. The summed E-state index contributed by atoms with van der Waals surface area (Å²) in [7, 11) is 0. The highest BCUT2D eigenvalue weighted by molar-refractivity contribution is 6.33. The van der Waals surface area contributed by atoms with Gasteiger partial charge in [0, 0.05) is 5.56 Å². The van der Waals surface area contributed by atoms with E-state index in [-0.39, 0.29) is 11.6 Å². The van der Waals surface area contributed by atoms with E-state index < -0.39 is 11.6 Å². The van der Waals surface area contributed by atoms with Gasteiger partial charge < -0.3 is 5.32 Å². The molecule has 100 valence electrons. The fourth-order valence-corrected chi connectivity index (χ4v) is 2.24. The number of hydrogen-bond acceptors (Lipinski definition) is 1. The Morgan fingerprint density at radius 3 is 2.47 bits per heavy atom. The lowest BCUT2D eigenvalue weighted by atomic mass is 10.1. The number of nitrogens with one attached hydrogen (secondary N) is 1. The molecular formula is C15H14ClF2N. The Balaban J connectivity index is 2.31. The van der Waals surface area contributed by atoms with Crippen LogP contribution in [0.15, 0.2) is 36.4 Å². The zero-order valence-corrected chi connectivity index (χ0v) is 11.4. The molecule has 1 unspecified atom stereocenters. The fourth-order valence-electron chi connectivity index (χ4n) is 1.96. The fraction of sp³-hybridized carbons (Fsp3) is 0.200. The molecule has 0 radical (unpaired) electrons. The molecule has 0 aromatic heterocycles. The second kappa shape index (κ2) is 5.57. The second-order valence-corrected chi connectivity index (χ2v) is 4.85. The van der Waals surface area contributed by atoms with Crippen molar-refractivity contribution in [2.45, 2.75) is 19.9 Å². The average Bonchev–Trinajstić information content (AvgIpc) is 2.37. The lowest BCUT2D eigenvalue weighted by molar-refractivity contribution is 0.494. The van der Waals surface area contributed by atoms with Gasteiger partial charge in [-0.05, 0) is 31.5 Å². The van der Waals surface area contributed by atoms with E-state index in [2.05, 4.69) is 5.32 Å². The van der Waals surface area contributed by atoms with Crippen molar-refractivity contribution in [3.05, 3.63) is 64.2 Å². The molecule has 0 amide bonds. The van der Waals surface area contributed by atoms with Crippen LogP contribution in [0.2, 0.25) is 5.02 Å². The highest BCUT2D eigenvalue weighted by atomic mass is 35.5. The Morgan fingerprint density at radius 1 is 1.11 bits per heavy atom. The molecule has 0 aliphatic carbocycles. The maximum Gasteiger partial charge on any atom is 0.164 e. The molecular weight excluding hydrogens is 268 g/mol. The average molecular weight is 282 g/mol. The van der Waals surface area contributed by atoms with Crippen LogP contribution in [0.4, 0.5) is 14.5 Å². The minimum absolute atomic E-state index is 0.277. The van der Waals surface area contributed by atoms with Gasteiger partial charge in [-0.3, -0.25) is 0 Å². The van der Waals surface area contributed by atoms with Gasteiger partial charge in [-0.15, -0.1) is 0 Å². The van der Waals surface area contributed by atoms with Crippen molar-refractivity contribution in [3.8, 4) is 0 Å². The molecule has 2 aromatic rings. The van der Waals surface area contributed by atoms with Crippen LogP contribution < -0.4 is 5.32 Å². The summed E-state index contributed by atoms with van der Waals surface area (Å²) in [4.78, 5) is 0. The number of hydrogen-bond donors (Lipinski definition) is 1. The highest BCUT2D eigenvalue weighted by Crippen LogP contribution is 2.30. The molecule has 1 nitrogen and oxygen atoms in total. The van der Waals surface area contributed by atoms with E-state index in [0.29, 0.717) is 5.02 Å². The van der Waals surface area contributed by atoms with Gasteiger partial charge >= 0.3 is 0 Å². The van der Waals surface area contributed by atoms with Crippen molar-refractivity contribution in [2.24, 2.45) is 0 Å². The van der Waals surface area contributed by atoms with Gasteiger partial charge in [0.25, 0.3) is 0 Å².